The van der Waals surface area contributed by atoms with Crippen LogP contribution in [0.15, 0.2) is 42.5 Å². The summed E-state index contributed by atoms with van der Waals surface area (Å²) < 4.78 is 26.9. The minimum atomic E-state index is -0.902. The van der Waals surface area contributed by atoms with Gasteiger partial charge in [0.2, 0.25) is 0 Å². The average molecular weight is 290 g/mol. The van der Waals surface area contributed by atoms with Crippen LogP contribution in [0.5, 0.6) is 0 Å². The number of rotatable bonds is 4. The lowest BCUT2D eigenvalue weighted by Crippen LogP contribution is -2.28. The van der Waals surface area contributed by atoms with Crippen molar-refractivity contribution in [2.75, 3.05) is 12.3 Å². The van der Waals surface area contributed by atoms with Crippen molar-refractivity contribution in [2.45, 2.75) is 12.8 Å². The number of hydrogen-bond acceptors (Lipinski definition) is 2. The summed E-state index contributed by atoms with van der Waals surface area (Å²) >= 11 is 0. The predicted octanol–water partition coefficient (Wildman–Crippen LogP) is 3.08. The van der Waals surface area contributed by atoms with Crippen LogP contribution in [0.4, 0.5) is 14.5 Å². The lowest BCUT2D eigenvalue weighted by molar-refractivity contribution is 0.0947. The van der Waals surface area contributed by atoms with Gasteiger partial charge in [-0.15, -0.1) is 0 Å². The van der Waals surface area contributed by atoms with Gasteiger partial charge >= 0.3 is 0 Å². The van der Waals surface area contributed by atoms with E-state index in [1.807, 2.05) is 37.3 Å². The monoisotopic (exact) mass is 290 g/mol. The van der Waals surface area contributed by atoms with Gasteiger partial charge in [-0.05, 0) is 23.6 Å². The number of hydrogen-bond donors (Lipinski definition) is 2. The van der Waals surface area contributed by atoms with Crippen LogP contribution in [-0.4, -0.2) is 12.5 Å². The van der Waals surface area contributed by atoms with Gasteiger partial charge in [0.25, 0.3) is 5.91 Å². The Bertz CT molecular complexity index is 644. The molecule has 0 spiro atoms. The van der Waals surface area contributed by atoms with Crippen molar-refractivity contribution in [1.29, 1.82) is 0 Å². The highest BCUT2D eigenvalue weighted by atomic mass is 19.1. The number of anilines is 1. The van der Waals surface area contributed by atoms with E-state index < -0.39 is 17.5 Å². The maximum Gasteiger partial charge on any atom is 0.254 e. The van der Waals surface area contributed by atoms with Crippen molar-refractivity contribution in [3.05, 3.63) is 65.2 Å². The molecule has 2 aromatic rings. The van der Waals surface area contributed by atoms with E-state index in [1.165, 1.54) is 0 Å². The van der Waals surface area contributed by atoms with Crippen molar-refractivity contribution < 1.29 is 13.6 Å². The Labute approximate surface area is 121 Å². The third-order valence-electron chi connectivity index (χ3n) is 3.25. The summed E-state index contributed by atoms with van der Waals surface area (Å²) in [5, 5.41) is 2.59. The normalized spacial score (nSPS) is 12.0. The fraction of sp³-hybridized carbons (Fsp3) is 0.188. The molecule has 0 aromatic heterocycles. The summed E-state index contributed by atoms with van der Waals surface area (Å²) in [6, 6.07) is 11.3. The second-order valence-corrected chi connectivity index (χ2v) is 4.88. The zero-order chi connectivity index (χ0) is 15.4. The molecule has 2 rings (SSSR count). The van der Waals surface area contributed by atoms with Gasteiger partial charge in [0, 0.05) is 6.54 Å². The Morgan fingerprint density at radius 3 is 2.57 bits per heavy atom. The molecule has 1 amide bonds. The van der Waals surface area contributed by atoms with Gasteiger partial charge in [0.15, 0.2) is 5.82 Å². The quantitative estimate of drug-likeness (QED) is 0.850. The number of amides is 1. The highest BCUT2D eigenvalue weighted by Crippen LogP contribution is 2.18. The van der Waals surface area contributed by atoms with Gasteiger partial charge in [-0.1, -0.05) is 37.3 Å². The van der Waals surface area contributed by atoms with E-state index in [1.54, 1.807) is 0 Å². The Morgan fingerprint density at radius 2 is 1.90 bits per heavy atom. The van der Waals surface area contributed by atoms with Gasteiger partial charge in [0.1, 0.15) is 5.82 Å². The van der Waals surface area contributed by atoms with Gasteiger partial charge < -0.3 is 11.1 Å². The molecule has 0 fully saturated rings. The molecule has 5 heteroatoms. The molecule has 0 aliphatic rings. The Balaban J connectivity index is 2.06. The van der Waals surface area contributed by atoms with E-state index in [4.69, 9.17) is 5.73 Å². The summed E-state index contributed by atoms with van der Waals surface area (Å²) in [6.07, 6.45) is 0. The summed E-state index contributed by atoms with van der Waals surface area (Å²) in [5.74, 6) is -2.26. The summed E-state index contributed by atoms with van der Waals surface area (Å²) in [5.41, 5.74) is 5.60. The Hall–Kier alpha value is -2.43. The summed E-state index contributed by atoms with van der Waals surface area (Å²) in [7, 11) is 0. The molecule has 21 heavy (non-hydrogen) atoms. The Morgan fingerprint density at radius 1 is 1.24 bits per heavy atom. The van der Waals surface area contributed by atoms with Gasteiger partial charge in [-0.3, -0.25) is 4.79 Å². The number of halogens is 2. The molecule has 1 unspecified atom stereocenters. The van der Waals surface area contributed by atoms with E-state index in [9.17, 15) is 13.6 Å². The number of nitrogens with two attached hydrogens (primary N) is 1. The molecule has 3 nitrogen and oxygen atoms in total. The van der Waals surface area contributed by atoms with Crippen LogP contribution in [0.25, 0.3) is 0 Å². The molecule has 0 aliphatic carbocycles. The first kappa shape index (κ1) is 15.0. The first-order chi connectivity index (χ1) is 9.99. The van der Waals surface area contributed by atoms with E-state index in [0.29, 0.717) is 6.54 Å². The van der Waals surface area contributed by atoms with Gasteiger partial charge in [-0.25, -0.2) is 8.78 Å². The fourth-order valence-electron chi connectivity index (χ4n) is 2.02. The fourth-order valence-corrected chi connectivity index (χ4v) is 2.02. The minimum Gasteiger partial charge on any atom is -0.396 e. The van der Waals surface area contributed by atoms with Crippen LogP contribution in [0, 0.1) is 11.6 Å². The number of carbonyl (C=O) groups excluding carboxylic acids is 1. The number of benzene rings is 2. The van der Waals surface area contributed by atoms with Crippen LogP contribution < -0.4 is 11.1 Å². The van der Waals surface area contributed by atoms with E-state index >= 15 is 0 Å². The van der Waals surface area contributed by atoms with E-state index in [-0.39, 0.29) is 17.2 Å². The zero-order valence-corrected chi connectivity index (χ0v) is 11.6. The molecule has 0 aliphatic heterocycles. The smallest absolute Gasteiger partial charge is 0.254 e. The molecule has 2 aromatic carbocycles. The third-order valence-corrected chi connectivity index (χ3v) is 3.25. The molecule has 0 saturated carbocycles. The maximum absolute atomic E-state index is 13.7. The summed E-state index contributed by atoms with van der Waals surface area (Å²) in [4.78, 5) is 11.9. The summed E-state index contributed by atoms with van der Waals surface area (Å²) in [6.45, 7) is 2.25. The molecular formula is C16H16F2N2O. The second-order valence-electron chi connectivity index (χ2n) is 4.88. The Kier molecular flexibility index (Phi) is 4.52. The predicted molar refractivity (Wildman–Crippen MR) is 78.0 cm³/mol. The van der Waals surface area contributed by atoms with Crippen molar-refractivity contribution in [3.63, 3.8) is 0 Å². The minimum absolute atomic E-state index is 0.0594. The average Bonchev–Trinajstić information content (AvgIpc) is 2.49. The molecule has 1 atom stereocenters. The van der Waals surface area contributed by atoms with E-state index in [2.05, 4.69) is 5.32 Å². The van der Waals surface area contributed by atoms with E-state index in [0.717, 1.165) is 17.7 Å². The molecule has 0 saturated heterocycles. The van der Waals surface area contributed by atoms with Crippen LogP contribution in [0.1, 0.15) is 28.8 Å². The van der Waals surface area contributed by atoms with Crippen LogP contribution in [0.2, 0.25) is 0 Å². The lowest BCUT2D eigenvalue weighted by atomic mass is 10.0. The molecule has 0 radical (unpaired) electrons. The molecule has 3 N–H and O–H groups in total. The largest absolute Gasteiger partial charge is 0.396 e. The van der Waals surface area contributed by atoms with Crippen molar-refractivity contribution in [2.24, 2.45) is 0 Å². The maximum atomic E-state index is 13.7. The van der Waals surface area contributed by atoms with Crippen LogP contribution >= 0.6 is 0 Å². The second kappa shape index (κ2) is 6.35. The van der Waals surface area contributed by atoms with Gasteiger partial charge in [-0.2, -0.15) is 0 Å². The third kappa shape index (κ3) is 3.56. The SMILES string of the molecule is CC(CNC(=O)c1cc(F)cc(N)c1F)c1ccccc1. The lowest BCUT2D eigenvalue weighted by Gasteiger charge is -2.13. The molecular weight excluding hydrogens is 274 g/mol. The number of nitrogen functional groups attached to an aromatic ring is 1. The van der Waals surface area contributed by atoms with Crippen molar-refractivity contribution >= 4 is 11.6 Å². The van der Waals surface area contributed by atoms with Crippen molar-refractivity contribution in [3.8, 4) is 0 Å². The molecule has 0 bridgehead atoms. The highest BCUT2D eigenvalue weighted by Gasteiger charge is 2.16. The molecule has 110 valence electrons. The molecule has 0 heterocycles. The van der Waals surface area contributed by atoms with Crippen LogP contribution in [0.3, 0.4) is 0 Å². The van der Waals surface area contributed by atoms with Gasteiger partial charge in [0.05, 0.1) is 11.3 Å². The van der Waals surface area contributed by atoms with Crippen LogP contribution in [-0.2, 0) is 0 Å². The standard InChI is InChI=1S/C16H16F2N2O/c1-10(11-5-3-2-4-6-11)9-20-16(21)13-7-12(17)8-14(19)15(13)18/h2-8,10H,9,19H2,1H3,(H,20,21). The number of nitrogens with one attached hydrogen (secondary N) is 1. The first-order valence-corrected chi connectivity index (χ1v) is 6.56. The zero-order valence-electron chi connectivity index (χ0n) is 11.6. The highest BCUT2D eigenvalue weighted by molar-refractivity contribution is 5.95. The number of carbonyl (C=O) groups is 1. The van der Waals surface area contributed by atoms with Crippen molar-refractivity contribution in [1.82, 2.24) is 5.32 Å². The first-order valence-electron chi connectivity index (χ1n) is 6.56. The topological polar surface area (TPSA) is 55.1 Å².